The van der Waals surface area contributed by atoms with Crippen LogP contribution in [-0.4, -0.2) is 32.2 Å². The van der Waals surface area contributed by atoms with Crippen molar-refractivity contribution in [3.63, 3.8) is 0 Å². The fourth-order valence-electron chi connectivity index (χ4n) is 1.45. The molecule has 0 bridgehead atoms. The van der Waals surface area contributed by atoms with Crippen LogP contribution in [0.3, 0.4) is 0 Å². The average molecular weight is 284 g/mol. The third-order valence-electron chi connectivity index (χ3n) is 2.37. The number of hydrogen-bond donors (Lipinski definition) is 4. The first-order valence-corrected chi connectivity index (χ1v) is 5.60. The van der Waals surface area contributed by atoms with E-state index in [0.717, 1.165) is 0 Å². The van der Waals surface area contributed by atoms with Crippen LogP contribution in [0, 0.1) is 22.7 Å². The van der Waals surface area contributed by atoms with Crippen molar-refractivity contribution in [3.8, 4) is 12.1 Å². The number of nitrogens with one attached hydrogen (secondary N) is 4. The second kappa shape index (κ2) is 5.99. The lowest BCUT2D eigenvalue weighted by atomic mass is 10.3. The molecule has 0 unspecified atom stereocenters. The van der Waals surface area contributed by atoms with Crippen LogP contribution in [0.25, 0.3) is 0 Å². The first-order valence-electron chi connectivity index (χ1n) is 5.60. The molecule has 0 spiro atoms. The summed E-state index contributed by atoms with van der Waals surface area (Å²) in [5.41, 5.74) is 0.313. The molecule has 0 saturated carbocycles. The Kier molecular flexibility index (Phi) is 3.92. The fourth-order valence-corrected chi connectivity index (χ4v) is 1.45. The molecular formula is C11H8N8O2. The molecule has 10 heteroatoms. The highest BCUT2D eigenvalue weighted by Crippen LogP contribution is 2.11. The van der Waals surface area contributed by atoms with Crippen LogP contribution in [0.1, 0.15) is 17.5 Å². The predicted octanol–water partition coefficient (Wildman–Crippen LogP) is -0.157. The van der Waals surface area contributed by atoms with Crippen LogP contribution in [-0.2, 0) is 9.59 Å². The molecule has 0 saturated heterocycles. The van der Waals surface area contributed by atoms with E-state index in [9.17, 15) is 9.59 Å². The maximum Gasteiger partial charge on any atom is 0.234 e. The van der Waals surface area contributed by atoms with Crippen molar-refractivity contribution in [2.45, 2.75) is 6.42 Å². The molecule has 10 nitrogen and oxygen atoms in total. The predicted molar refractivity (Wildman–Crippen MR) is 68.5 cm³/mol. The number of amides is 2. The summed E-state index contributed by atoms with van der Waals surface area (Å²) in [5.74, 6) is -1.03. The van der Waals surface area contributed by atoms with Crippen LogP contribution in [0.15, 0.2) is 12.4 Å². The minimum absolute atomic E-state index is 0.120. The standard InChI is InChI=1S/C11H8N8O2/c12-2-6-4-14-18-10(6)16-8(20)1-9(21)17-11-7(3-13)5-15-19-11/h4-5H,1H2,(H2,14,16,18,20)(H2,15,17,19,21). The lowest BCUT2D eigenvalue weighted by Gasteiger charge is -2.04. The molecule has 2 aromatic heterocycles. The molecule has 2 aromatic rings. The van der Waals surface area contributed by atoms with Gasteiger partial charge in [-0.25, -0.2) is 0 Å². The van der Waals surface area contributed by atoms with E-state index in [4.69, 9.17) is 10.5 Å². The van der Waals surface area contributed by atoms with Gasteiger partial charge in [0.05, 0.1) is 12.4 Å². The normalized spacial score (nSPS) is 9.43. The van der Waals surface area contributed by atoms with Crippen molar-refractivity contribution in [2.75, 3.05) is 10.6 Å². The number of carbonyl (C=O) groups excluding carboxylic acids is 2. The lowest BCUT2D eigenvalue weighted by Crippen LogP contribution is -2.22. The molecule has 2 amide bonds. The number of hydrogen-bond acceptors (Lipinski definition) is 6. The van der Waals surface area contributed by atoms with E-state index in [1.54, 1.807) is 0 Å². The highest BCUT2D eigenvalue weighted by molar-refractivity contribution is 6.08. The van der Waals surface area contributed by atoms with Crippen molar-refractivity contribution in [3.05, 3.63) is 23.5 Å². The van der Waals surface area contributed by atoms with Gasteiger partial charge in [0.1, 0.15) is 41.3 Å². The summed E-state index contributed by atoms with van der Waals surface area (Å²) in [7, 11) is 0. The molecule has 2 heterocycles. The van der Waals surface area contributed by atoms with E-state index in [1.807, 2.05) is 12.1 Å². The summed E-state index contributed by atoms with van der Waals surface area (Å²) in [6.45, 7) is 0. The minimum atomic E-state index is -0.633. The van der Waals surface area contributed by atoms with E-state index < -0.39 is 18.2 Å². The zero-order valence-electron chi connectivity index (χ0n) is 10.5. The molecule has 21 heavy (non-hydrogen) atoms. The van der Waals surface area contributed by atoms with Gasteiger partial charge in [0.2, 0.25) is 11.8 Å². The number of aromatic nitrogens is 4. The Labute approximate surface area is 117 Å². The van der Waals surface area contributed by atoms with Gasteiger partial charge in [-0.05, 0) is 0 Å². The fraction of sp³-hybridized carbons (Fsp3) is 0.0909. The molecule has 0 radical (unpaired) electrons. The number of rotatable bonds is 4. The summed E-state index contributed by atoms with van der Waals surface area (Å²) in [6, 6.07) is 3.65. The van der Waals surface area contributed by atoms with Gasteiger partial charge in [-0.1, -0.05) is 0 Å². The summed E-state index contributed by atoms with van der Waals surface area (Å²) in [4.78, 5) is 23.3. The second-order valence-corrected chi connectivity index (χ2v) is 3.81. The molecule has 0 fully saturated rings. The number of carbonyl (C=O) groups is 2. The monoisotopic (exact) mass is 284 g/mol. The highest BCUT2D eigenvalue weighted by Gasteiger charge is 2.15. The molecule has 0 atom stereocenters. The van der Waals surface area contributed by atoms with Gasteiger partial charge in [-0.2, -0.15) is 20.7 Å². The number of H-pyrrole nitrogens is 2. The molecule has 0 aliphatic carbocycles. The Bertz CT molecular complexity index is 696. The molecule has 0 aromatic carbocycles. The quantitative estimate of drug-likeness (QED) is 0.570. The topological polar surface area (TPSA) is 163 Å². The maximum absolute atomic E-state index is 11.7. The van der Waals surface area contributed by atoms with Crippen LogP contribution < -0.4 is 10.6 Å². The van der Waals surface area contributed by atoms with Gasteiger partial charge < -0.3 is 10.6 Å². The van der Waals surface area contributed by atoms with Gasteiger partial charge in [0, 0.05) is 0 Å². The van der Waals surface area contributed by atoms with Crippen LogP contribution >= 0.6 is 0 Å². The van der Waals surface area contributed by atoms with Gasteiger partial charge in [0.25, 0.3) is 0 Å². The lowest BCUT2D eigenvalue weighted by molar-refractivity contribution is -0.123. The average Bonchev–Trinajstić information content (AvgIpc) is 3.06. The highest BCUT2D eigenvalue weighted by atomic mass is 16.2. The Balaban J connectivity index is 1.93. The first kappa shape index (κ1) is 13.8. The third kappa shape index (κ3) is 3.21. The number of aromatic amines is 2. The Morgan fingerprint density at radius 3 is 1.81 bits per heavy atom. The summed E-state index contributed by atoms with van der Waals surface area (Å²) in [6.07, 6.45) is 2.01. The molecule has 2 rings (SSSR count). The van der Waals surface area contributed by atoms with E-state index in [2.05, 4.69) is 31.0 Å². The summed E-state index contributed by atoms with van der Waals surface area (Å²) in [5, 5.41) is 34.2. The second-order valence-electron chi connectivity index (χ2n) is 3.81. The SMILES string of the molecule is N#Cc1cn[nH]c1NC(=O)CC(=O)Nc1[nH]ncc1C#N. The van der Waals surface area contributed by atoms with Gasteiger partial charge in [-0.3, -0.25) is 19.8 Å². The van der Waals surface area contributed by atoms with E-state index >= 15 is 0 Å². The Morgan fingerprint density at radius 2 is 1.43 bits per heavy atom. The zero-order chi connectivity index (χ0) is 15.2. The molecular weight excluding hydrogens is 276 g/mol. The van der Waals surface area contributed by atoms with Crippen molar-refractivity contribution in [1.82, 2.24) is 20.4 Å². The summed E-state index contributed by atoms with van der Waals surface area (Å²) < 4.78 is 0. The van der Waals surface area contributed by atoms with Crippen LogP contribution in [0.4, 0.5) is 11.6 Å². The largest absolute Gasteiger partial charge is 0.310 e. The Morgan fingerprint density at radius 1 is 1.00 bits per heavy atom. The molecule has 104 valence electrons. The van der Waals surface area contributed by atoms with Gasteiger partial charge >= 0.3 is 0 Å². The Hall–Kier alpha value is -3.66. The summed E-state index contributed by atoms with van der Waals surface area (Å²) >= 11 is 0. The van der Waals surface area contributed by atoms with Gasteiger partial charge in [0.15, 0.2) is 0 Å². The zero-order valence-corrected chi connectivity index (χ0v) is 10.5. The molecule has 4 N–H and O–H groups in total. The van der Waals surface area contributed by atoms with Gasteiger partial charge in [-0.15, -0.1) is 0 Å². The minimum Gasteiger partial charge on any atom is -0.310 e. The molecule has 0 aliphatic heterocycles. The smallest absolute Gasteiger partial charge is 0.234 e. The maximum atomic E-state index is 11.7. The van der Waals surface area contributed by atoms with Crippen molar-refractivity contribution >= 4 is 23.5 Å². The van der Waals surface area contributed by atoms with Crippen LogP contribution in [0.2, 0.25) is 0 Å². The number of nitrogens with zero attached hydrogens (tertiary/aromatic N) is 4. The van der Waals surface area contributed by atoms with Crippen molar-refractivity contribution in [1.29, 1.82) is 10.5 Å². The van der Waals surface area contributed by atoms with E-state index in [1.165, 1.54) is 12.4 Å². The van der Waals surface area contributed by atoms with Crippen molar-refractivity contribution in [2.24, 2.45) is 0 Å². The number of anilines is 2. The van der Waals surface area contributed by atoms with E-state index in [-0.39, 0.29) is 22.8 Å². The number of nitriles is 2. The van der Waals surface area contributed by atoms with Crippen molar-refractivity contribution < 1.29 is 9.59 Å². The van der Waals surface area contributed by atoms with E-state index in [0.29, 0.717) is 0 Å². The third-order valence-corrected chi connectivity index (χ3v) is 2.37. The van der Waals surface area contributed by atoms with Crippen LogP contribution in [0.5, 0.6) is 0 Å². The first-order chi connectivity index (χ1) is 10.1. The molecule has 0 aliphatic rings.